The molecule has 0 aliphatic heterocycles. The molecule has 0 fully saturated rings. The molecule has 0 aliphatic rings. The second-order valence-corrected chi connectivity index (χ2v) is 5.70. The third-order valence-corrected chi connectivity index (χ3v) is 3.90. The number of rotatable bonds is 6. The molecule has 0 unspecified atom stereocenters. The van der Waals surface area contributed by atoms with E-state index in [0.29, 0.717) is 5.65 Å². The second-order valence-electron chi connectivity index (χ2n) is 5.70. The summed E-state index contributed by atoms with van der Waals surface area (Å²) in [5.74, 6) is -0.795. The molecule has 0 radical (unpaired) electrons. The molecular formula is C18H19N5O3. The van der Waals surface area contributed by atoms with Gasteiger partial charge in [0.15, 0.2) is 5.65 Å². The Hall–Kier alpha value is -3.42. The Balaban J connectivity index is 1.57. The average molecular weight is 353 g/mol. The van der Waals surface area contributed by atoms with Gasteiger partial charge in [0.05, 0.1) is 6.54 Å². The normalized spacial score (nSPS) is 10.7. The minimum atomic E-state index is -0.463. The van der Waals surface area contributed by atoms with E-state index in [0.717, 1.165) is 22.4 Å². The minimum absolute atomic E-state index is 0.182. The van der Waals surface area contributed by atoms with E-state index in [1.54, 1.807) is 24.4 Å². The highest BCUT2D eigenvalue weighted by Crippen LogP contribution is 2.14. The van der Waals surface area contributed by atoms with Gasteiger partial charge in [-0.15, -0.1) is 5.10 Å². The fraction of sp³-hybridized carbons (Fsp3) is 0.222. The van der Waals surface area contributed by atoms with Crippen LogP contribution >= 0.6 is 0 Å². The Morgan fingerprint density at radius 3 is 2.62 bits per heavy atom. The molecule has 0 spiro atoms. The summed E-state index contributed by atoms with van der Waals surface area (Å²) >= 11 is 0. The van der Waals surface area contributed by atoms with E-state index in [4.69, 9.17) is 0 Å². The molecule has 26 heavy (non-hydrogen) atoms. The van der Waals surface area contributed by atoms with Gasteiger partial charge in [0, 0.05) is 11.9 Å². The highest BCUT2D eigenvalue weighted by molar-refractivity contribution is 5.95. The summed E-state index contributed by atoms with van der Waals surface area (Å²) in [6.07, 6.45) is 2.37. The van der Waals surface area contributed by atoms with E-state index in [1.165, 1.54) is 4.40 Å². The van der Waals surface area contributed by atoms with Crippen LogP contribution in [-0.4, -0.2) is 32.5 Å². The molecular weight excluding hydrogens is 334 g/mol. The lowest BCUT2D eigenvalue weighted by Crippen LogP contribution is -2.37. The number of carbonyl (C=O) groups is 2. The van der Waals surface area contributed by atoms with Crippen molar-refractivity contribution < 1.29 is 9.59 Å². The Morgan fingerprint density at radius 1 is 1.08 bits per heavy atom. The number of aromatic nitrogens is 3. The highest BCUT2D eigenvalue weighted by atomic mass is 16.2. The molecule has 0 aliphatic carbocycles. The van der Waals surface area contributed by atoms with Gasteiger partial charge in [0.1, 0.15) is 6.54 Å². The molecule has 1 aromatic carbocycles. The maximum Gasteiger partial charge on any atom is 0.350 e. The molecule has 8 heteroatoms. The van der Waals surface area contributed by atoms with Gasteiger partial charge >= 0.3 is 5.69 Å². The molecule has 2 aromatic heterocycles. The number of fused-ring (bicyclic) bond motifs is 1. The number of benzene rings is 1. The van der Waals surface area contributed by atoms with E-state index in [1.807, 2.05) is 31.2 Å². The van der Waals surface area contributed by atoms with Crippen molar-refractivity contribution in [2.45, 2.75) is 19.9 Å². The first kappa shape index (κ1) is 17.4. The van der Waals surface area contributed by atoms with Crippen molar-refractivity contribution >= 4 is 23.1 Å². The topological polar surface area (TPSA) is 97.5 Å². The van der Waals surface area contributed by atoms with E-state index >= 15 is 0 Å². The number of para-hydroxylation sites is 1. The number of amides is 2. The largest absolute Gasteiger partial charge is 0.350 e. The van der Waals surface area contributed by atoms with E-state index in [2.05, 4.69) is 15.7 Å². The van der Waals surface area contributed by atoms with Crippen LogP contribution in [-0.2, 0) is 22.6 Å². The molecule has 0 bridgehead atoms. The molecule has 3 rings (SSSR count). The van der Waals surface area contributed by atoms with Crippen LogP contribution in [0.15, 0.2) is 53.5 Å². The van der Waals surface area contributed by atoms with Crippen LogP contribution in [0, 0.1) is 0 Å². The standard InChI is InChI=1S/C18H19N5O3/c1-2-13-7-3-4-8-14(13)20-16(24)11-19-17(25)12-23-18(26)22-10-6-5-9-15(22)21-23/h3-10H,2,11-12H2,1H3,(H,19,25)(H,20,24). The van der Waals surface area contributed by atoms with Crippen LogP contribution in [0.1, 0.15) is 12.5 Å². The Labute approximate surface area is 149 Å². The van der Waals surface area contributed by atoms with Crippen molar-refractivity contribution in [1.82, 2.24) is 19.5 Å². The zero-order valence-corrected chi connectivity index (χ0v) is 14.3. The number of nitrogens with zero attached hydrogens (tertiary/aromatic N) is 3. The number of nitrogens with one attached hydrogen (secondary N) is 2. The van der Waals surface area contributed by atoms with Crippen molar-refractivity contribution in [2.24, 2.45) is 0 Å². The summed E-state index contributed by atoms with van der Waals surface area (Å²) < 4.78 is 2.41. The van der Waals surface area contributed by atoms with Crippen LogP contribution in [0.2, 0.25) is 0 Å². The lowest BCUT2D eigenvalue weighted by atomic mass is 10.1. The average Bonchev–Trinajstić information content (AvgIpc) is 2.96. The fourth-order valence-corrected chi connectivity index (χ4v) is 2.59. The lowest BCUT2D eigenvalue weighted by Gasteiger charge is -2.10. The molecule has 8 nitrogen and oxygen atoms in total. The van der Waals surface area contributed by atoms with Crippen molar-refractivity contribution in [3.8, 4) is 0 Å². The highest BCUT2D eigenvalue weighted by Gasteiger charge is 2.12. The van der Waals surface area contributed by atoms with Crippen LogP contribution in [0.5, 0.6) is 0 Å². The van der Waals surface area contributed by atoms with Gasteiger partial charge in [-0.1, -0.05) is 31.2 Å². The molecule has 0 saturated heterocycles. The minimum Gasteiger partial charge on any atom is -0.345 e. The van der Waals surface area contributed by atoms with Crippen molar-refractivity contribution in [1.29, 1.82) is 0 Å². The molecule has 0 atom stereocenters. The predicted octanol–water partition coefficient (Wildman–Crippen LogP) is 0.813. The fourth-order valence-electron chi connectivity index (χ4n) is 2.59. The quantitative estimate of drug-likeness (QED) is 0.685. The van der Waals surface area contributed by atoms with Gasteiger partial charge in [-0.3, -0.25) is 14.0 Å². The molecule has 3 aromatic rings. The summed E-state index contributed by atoms with van der Waals surface area (Å²) in [6, 6.07) is 12.6. The SMILES string of the molecule is CCc1ccccc1NC(=O)CNC(=O)Cn1nc2ccccn2c1=O. The summed E-state index contributed by atoms with van der Waals surface area (Å²) in [7, 11) is 0. The second kappa shape index (κ2) is 7.64. The summed E-state index contributed by atoms with van der Waals surface area (Å²) in [5.41, 5.74) is 1.80. The van der Waals surface area contributed by atoms with Gasteiger partial charge < -0.3 is 10.6 Å². The summed E-state index contributed by atoms with van der Waals surface area (Å²) in [5, 5.41) is 9.35. The maximum atomic E-state index is 12.1. The smallest absolute Gasteiger partial charge is 0.345 e. The molecule has 134 valence electrons. The zero-order valence-electron chi connectivity index (χ0n) is 14.3. The number of hydrogen-bond donors (Lipinski definition) is 2. The van der Waals surface area contributed by atoms with Crippen LogP contribution < -0.4 is 16.3 Å². The number of carbonyl (C=O) groups excluding carboxylic acids is 2. The first-order valence-electron chi connectivity index (χ1n) is 8.27. The van der Waals surface area contributed by atoms with Gasteiger partial charge in [-0.25, -0.2) is 9.48 Å². The Bertz CT molecular complexity index is 1010. The van der Waals surface area contributed by atoms with Crippen molar-refractivity contribution in [3.05, 3.63) is 64.7 Å². The first-order valence-corrected chi connectivity index (χ1v) is 8.27. The third kappa shape index (κ3) is 3.80. The molecule has 0 saturated carbocycles. The van der Waals surface area contributed by atoms with Crippen LogP contribution in [0.25, 0.3) is 5.65 Å². The van der Waals surface area contributed by atoms with E-state index in [-0.39, 0.29) is 19.0 Å². The van der Waals surface area contributed by atoms with Gasteiger partial charge in [0.2, 0.25) is 11.8 Å². The van der Waals surface area contributed by atoms with Crippen molar-refractivity contribution in [2.75, 3.05) is 11.9 Å². The predicted molar refractivity (Wildman–Crippen MR) is 96.9 cm³/mol. The third-order valence-electron chi connectivity index (χ3n) is 3.90. The van der Waals surface area contributed by atoms with Crippen LogP contribution in [0.3, 0.4) is 0 Å². The number of pyridine rings is 1. The molecule has 2 N–H and O–H groups in total. The zero-order chi connectivity index (χ0) is 18.5. The molecule has 2 amide bonds. The van der Waals surface area contributed by atoms with E-state index in [9.17, 15) is 14.4 Å². The molecule has 2 heterocycles. The Morgan fingerprint density at radius 2 is 1.85 bits per heavy atom. The number of anilines is 1. The van der Waals surface area contributed by atoms with E-state index < -0.39 is 11.6 Å². The van der Waals surface area contributed by atoms with Gasteiger partial charge in [-0.2, -0.15) is 0 Å². The number of aryl methyl sites for hydroxylation is 1. The monoisotopic (exact) mass is 353 g/mol. The maximum absolute atomic E-state index is 12.1. The first-order chi connectivity index (χ1) is 12.6. The number of hydrogen-bond acceptors (Lipinski definition) is 4. The van der Waals surface area contributed by atoms with Crippen molar-refractivity contribution in [3.63, 3.8) is 0 Å². The summed E-state index contributed by atoms with van der Waals surface area (Å²) in [6.45, 7) is 1.57. The van der Waals surface area contributed by atoms with Crippen LogP contribution in [0.4, 0.5) is 5.69 Å². The lowest BCUT2D eigenvalue weighted by molar-refractivity contribution is -0.124. The van der Waals surface area contributed by atoms with Gasteiger partial charge in [-0.05, 0) is 30.2 Å². The summed E-state index contributed by atoms with van der Waals surface area (Å²) in [4.78, 5) is 36.2. The Kier molecular flexibility index (Phi) is 5.12. The van der Waals surface area contributed by atoms with Gasteiger partial charge in [0.25, 0.3) is 0 Å².